The van der Waals surface area contributed by atoms with Gasteiger partial charge in [0, 0.05) is 7.05 Å². The van der Waals surface area contributed by atoms with E-state index in [4.69, 9.17) is 5.11 Å². The third-order valence-corrected chi connectivity index (χ3v) is 2.63. The number of aromatic hydroxyl groups is 1. The van der Waals surface area contributed by atoms with E-state index < -0.39 is 28.1 Å². The maximum atomic E-state index is 13.4. The molecule has 0 aliphatic rings. The Balaban J connectivity index is 2.69. The molecule has 104 valence electrons. The summed E-state index contributed by atoms with van der Waals surface area (Å²) in [6, 6.07) is 2.53. The van der Waals surface area contributed by atoms with Crippen molar-refractivity contribution in [3.05, 3.63) is 39.8 Å². The molecule has 0 saturated carbocycles. The van der Waals surface area contributed by atoms with Crippen molar-refractivity contribution < 1.29 is 24.3 Å². The lowest BCUT2D eigenvalue weighted by atomic mass is 10.1. The van der Waals surface area contributed by atoms with E-state index in [1.54, 1.807) is 0 Å². The Morgan fingerprint density at radius 3 is 2.60 bits per heavy atom. The van der Waals surface area contributed by atoms with E-state index in [-0.39, 0.29) is 17.0 Å². The van der Waals surface area contributed by atoms with Gasteiger partial charge in [0.2, 0.25) is 5.75 Å². The van der Waals surface area contributed by atoms with E-state index in [1.807, 2.05) is 0 Å². The Labute approximate surface area is 110 Å². The molecule has 0 aliphatic heterocycles. The number of aromatic nitrogens is 2. The highest BCUT2D eigenvalue weighted by atomic mass is 19.1. The zero-order valence-electron chi connectivity index (χ0n) is 10.1. The Kier molecular flexibility index (Phi) is 3.10. The molecule has 1 aromatic heterocycles. The van der Waals surface area contributed by atoms with Crippen LogP contribution in [0.5, 0.6) is 5.75 Å². The molecule has 0 saturated heterocycles. The van der Waals surface area contributed by atoms with Crippen molar-refractivity contribution in [2.45, 2.75) is 0 Å². The number of carboxylic acids is 1. The van der Waals surface area contributed by atoms with Gasteiger partial charge < -0.3 is 10.2 Å². The van der Waals surface area contributed by atoms with Crippen molar-refractivity contribution in [2.75, 3.05) is 0 Å². The third-order valence-electron chi connectivity index (χ3n) is 2.63. The number of carboxylic acid groups (broad SMARTS) is 1. The van der Waals surface area contributed by atoms with Gasteiger partial charge in [-0.2, -0.15) is 5.10 Å². The van der Waals surface area contributed by atoms with Crippen molar-refractivity contribution in [1.82, 2.24) is 9.78 Å². The molecule has 0 atom stereocenters. The SMILES string of the molecule is Cn1nc(C(=O)O)cc1-c1cc(F)cc([N+](=O)[O-])c1O. The first-order valence-electron chi connectivity index (χ1n) is 5.26. The predicted molar refractivity (Wildman–Crippen MR) is 63.9 cm³/mol. The Morgan fingerprint density at radius 1 is 1.45 bits per heavy atom. The average Bonchev–Trinajstić information content (AvgIpc) is 2.73. The van der Waals surface area contributed by atoms with E-state index in [9.17, 15) is 24.4 Å². The third kappa shape index (κ3) is 2.16. The van der Waals surface area contributed by atoms with Gasteiger partial charge in [-0.25, -0.2) is 9.18 Å². The zero-order chi connectivity index (χ0) is 15.0. The van der Waals surface area contributed by atoms with Crippen LogP contribution in [0.4, 0.5) is 10.1 Å². The van der Waals surface area contributed by atoms with Gasteiger partial charge in [-0.15, -0.1) is 0 Å². The van der Waals surface area contributed by atoms with Crippen LogP contribution in [0.3, 0.4) is 0 Å². The number of hydrogen-bond donors (Lipinski definition) is 2. The van der Waals surface area contributed by atoms with E-state index >= 15 is 0 Å². The summed E-state index contributed by atoms with van der Waals surface area (Å²) in [5, 5.41) is 33.0. The van der Waals surface area contributed by atoms with Gasteiger partial charge in [0.15, 0.2) is 5.69 Å². The molecule has 0 aliphatic carbocycles. The molecular weight excluding hydrogens is 273 g/mol. The Morgan fingerprint density at radius 2 is 2.10 bits per heavy atom. The van der Waals surface area contributed by atoms with Crippen LogP contribution in [0.2, 0.25) is 0 Å². The van der Waals surface area contributed by atoms with Crippen LogP contribution >= 0.6 is 0 Å². The predicted octanol–water partition coefficient (Wildman–Crippen LogP) is 1.54. The van der Waals surface area contributed by atoms with Crippen molar-refractivity contribution in [3.8, 4) is 17.0 Å². The van der Waals surface area contributed by atoms with Crippen molar-refractivity contribution in [2.24, 2.45) is 7.05 Å². The highest BCUT2D eigenvalue weighted by molar-refractivity contribution is 5.87. The molecule has 20 heavy (non-hydrogen) atoms. The monoisotopic (exact) mass is 281 g/mol. The summed E-state index contributed by atoms with van der Waals surface area (Å²) < 4.78 is 14.5. The molecule has 1 heterocycles. The van der Waals surface area contributed by atoms with Crippen molar-refractivity contribution in [3.63, 3.8) is 0 Å². The summed E-state index contributed by atoms with van der Waals surface area (Å²) in [6.45, 7) is 0. The van der Waals surface area contributed by atoms with Crippen LogP contribution in [0.15, 0.2) is 18.2 Å². The number of carbonyl (C=O) groups is 1. The van der Waals surface area contributed by atoms with Crippen LogP contribution in [0, 0.1) is 15.9 Å². The number of aromatic carboxylic acids is 1. The minimum Gasteiger partial charge on any atom is -0.502 e. The van der Waals surface area contributed by atoms with E-state index in [2.05, 4.69) is 5.10 Å². The van der Waals surface area contributed by atoms with Crippen molar-refractivity contribution in [1.29, 1.82) is 0 Å². The topological polar surface area (TPSA) is 118 Å². The summed E-state index contributed by atoms with van der Waals surface area (Å²) in [5.74, 6) is -2.99. The number of rotatable bonds is 3. The summed E-state index contributed by atoms with van der Waals surface area (Å²) in [7, 11) is 1.37. The minimum atomic E-state index is -1.31. The molecule has 8 nitrogen and oxygen atoms in total. The second-order valence-corrected chi connectivity index (χ2v) is 3.92. The first-order valence-corrected chi connectivity index (χ1v) is 5.26. The molecule has 2 N–H and O–H groups in total. The van der Waals surface area contributed by atoms with Gasteiger partial charge in [-0.3, -0.25) is 14.8 Å². The lowest BCUT2D eigenvalue weighted by Crippen LogP contribution is -1.99. The minimum absolute atomic E-state index is 0.0440. The standard InChI is InChI=1S/C11H8FN3O5/c1-14-8(4-7(13-14)11(17)18)6-2-5(12)3-9(10(6)16)15(19)20/h2-4,16H,1H3,(H,17,18). The van der Waals surface area contributed by atoms with Crippen LogP contribution < -0.4 is 0 Å². The normalized spacial score (nSPS) is 10.5. The molecule has 0 fully saturated rings. The smallest absolute Gasteiger partial charge is 0.356 e. The number of aryl methyl sites for hydroxylation is 1. The second kappa shape index (κ2) is 4.61. The Hall–Kier alpha value is -2.97. The fourth-order valence-corrected chi connectivity index (χ4v) is 1.74. The maximum absolute atomic E-state index is 13.4. The highest BCUT2D eigenvalue weighted by Crippen LogP contribution is 2.37. The van der Waals surface area contributed by atoms with E-state index in [1.165, 1.54) is 7.05 Å². The van der Waals surface area contributed by atoms with E-state index in [0.29, 0.717) is 6.07 Å². The first-order chi connectivity index (χ1) is 9.31. The fourth-order valence-electron chi connectivity index (χ4n) is 1.74. The van der Waals surface area contributed by atoms with Gasteiger partial charge in [0.25, 0.3) is 0 Å². The average molecular weight is 281 g/mol. The second-order valence-electron chi connectivity index (χ2n) is 3.92. The summed E-state index contributed by atoms with van der Waals surface area (Å²) in [5.41, 5.74) is -1.30. The van der Waals surface area contributed by atoms with Crippen LogP contribution in [0.25, 0.3) is 11.3 Å². The van der Waals surface area contributed by atoms with Gasteiger partial charge >= 0.3 is 11.7 Å². The van der Waals surface area contributed by atoms with E-state index in [0.717, 1.165) is 16.8 Å². The lowest BCUT2D eigenvalue weighted by molar-refractivity contribution is -0.386. The lowest BCUT2D eigenvalue weighted by Gasteiger charge is -2.05. The number of nitrogens with zero attached hydrogens (tertiary/aromatic N) is 3. The summed E-state index contributed by atoms with van der Waals surface area (Å²) >= 11 is 0. The summed E-state index contributed by atoms with van der Waals surface area (Å²) in [6.07, 6.45) is 0. The number of phenols is 1. The molecule has 0 bridgehead atoms. The van der Waals surface area contributed by atoms with Crippen molar-refractivity contribution >= 4 is 11.7 Å². The summed E-state index contributed by atoms with van der Waals surface area (Å²) in [4.78, 5) is 20.6. The number of halogens is 1. The quantitative estimate of drug-likeness (QED) is 0.650. The van der Waals surface area contributed by atoms with Gasteiger partial charge in [0.1, 0.15) is 5.82 Å². The van der Waals surface area contributed by atoms with Crippen LogP contribution in [0.1, 0.15) is 10.5 Å². The molecule has 2 rings (SSSR count). The number of nitro groups is 1. The van der Waals surface area contributed by atoms with Gasteiger partial charge in [-0.1, -0.05) is 0 Å². The van der Waals surface area contributed by atoms with Crippen LogP contribution in [-0.2, 0) is 7.05 Å². The largest absolute Gasteiger partial charge is 0.502 e. The molecule has 0 amide bonds. The van der Waals surface area contributed by atoms with Crippen LogP contribution in [-0.4, -0.2) is 30.9 Å². The van der Waals surface area contributed by atoms with Gasteiger partial charge in [0.05, 0.1) is 22.2 Å². The number of phenolic OH excluding ortho intramolecular Hbond substituents is 1. The number of benzene rings is 1. The highest BCUT2D eigenvalue weighted by Gasteiger charge is 2.23. The fraction of sp³-hybridized carbons (Fsp3) is 0.0909. The molecule has 0 unspecified atom stereocenters. The molecular formula is C11H8FN3O5. The first kappa shape index (κ1) is 13.5. The Bertz CT molecular complexity index is 725. The maximum Gasteiger partial charge on any atom is 0.356 e. The number of hydrogen-bond acceptors (Lipinski definition) is 5. The number of nitro benzene ring substituents is 1. The molecule has 9 heteroatoms. The molecule has 0 radical (unpaired) electrons. The molecule has 1 aromatic carbocycles. The van der Waals surface area contributed by atoms with Gasteiger partial charge in [-0.05, 0) is 12.1 Å². The zero-order valence-corrected chi connectivity index (χ0v) is 10.1. The molecule has 2 aromatic rings. The molecule has 0 spiro atoms.